The van der Waals surface area contributed by atoms with Crippen molar-refractivity contribution in [3.8, 4) is 0 Å². The molecule has 8 heteroatoms. The second kappa shape index (κ2) is 8.58. The Bertz CT molecular complexity index is 1360. The van der Waals surface area contributed by atoms with Crippen LogP contribution in [0.5, 0.6) is 0 Å². The number of oxazole rings is 1. The van der Waals surface area contributed by atoms with Crippen molar-refractivity contribution in [3.05, 3.63) is 102 Å². The Morgan fingerprint density at radius 1 is 1.00 bits per heavy atom. The van der Waals surface area contributed by atoms with Gasteiger partial charge in [0.05, 0.1) is 5.57 Å². The third kappa shape index (κ3) is 4.18. The molecule has 4 aromatic rings. The van der Waals surface area contributed by atoms with E-state index in [0.29, 0.717) is 34.0 Å². The zero-order valence-electron chi connectivity index (χ0n) is 17.7. The van der Waals surface area contributed by atoms with Crippen LogP contribution in [0.1, 0.15) is 18.5 Å². The molecule has 2 heterocycles. The molecular weight excluding hydrogens is 421 g/mol. The summed E-state index contributed by atoms with van der Waals surface area (Å²) in [5.74, 6) is -0.528. The molecule has 1 aliphatic heterocycles. The molecule has 1 amide bonds. The number of fused-ring (bicyclic) bond motifs is 1. The Kier molecular flexibility index (Phi) is 5.32. The number of hydrogen-bond acceptors (Lipinski definition) is 6. The summed E-state index contributed by atoms with van der Waals surface area (Å²) >= 11 is 0. The molecule has 3 aromatic carbocycles. The van der Waals surface area contributed by atoms with Crippen molar-refractivity contribution in [1.82, 2.24) is 10.3 Å². The van der Waals surface area contributed by atoms with E-state index in [1.165, 1.54) is 6.07 Å². The number of halogens is 1. The summed E-state index contributed by atoms with van der Waals surface area (Å²) in [6.45, 7) is 1.75. The molecule has 0 unspecified atom stereocenters. The number of aliphatic imine (C=N–C) groups is 1. The van der Waals surface area contributed by atoms with Crippen molar-refractivity contribution in [2.45, 2.75) is 13.0 Å². The average Bonchev–Trinajstić information content (AvgIpc) is 3.22. The number of para-hydroxylation sites is 3. The molecule has 0 fully saturated rings. The van der Waals surface area contributed by atoms with Crippen LogP contribution in [0.15, 0.2) is 99.5 Å². The second-order valence-corrected chi connectivity index (χ2v) is 7.50. The van der Waals surface area contributed by atoms with Gasteiger partial charge >= 0.3 is 6.01 Å². The van der Waals surface area contributed by atoms with Crippen LogP contribution in [0.3, 0.4) is 0 Å². The lowest BCUT2D eigenvalue weighted by Gasteiger charge is -2.26. The number of rotatable bonds is 4. The Morgan fingerprint density at radius 3 is 2.52 bits per heavy atom. The molecule has 0 saturated heterocycles. The maximum atomic E-state index is 14.8. The number of benzene rings is 3. The highest BCUT2D eigenvalue weighted by Gasteiger charge is 2.31. The molecule has 0 aliphatic carbocycles. The van der Waals surface area contributed by atoms with E-state index >= 15 is 0 Å². The van der Waals surface area contributed by atoms with Gasteiger partial charge in [-0.05, 0) is 37.3 Å². The van der Waals surface area contributed by atoms with Crippen LogP contribution in [0.25, 0.3) is 11.1 Å². The Morgan fingerprint density at radius 2 is 1.73 bits per heavy atom. The first-order valence-electron chi connectivity index (χ1n) is 10.4. The van der Waals surface area contributed by atoms with Crippen molar-refractivity contribution in [1.29, 1.82) is 0 Å². The van der Waals surface area contributed by atoms with Crippen molar-refractivity contribution in [2.24, 2.45) is 4.99 Å². The van der Waals surface area contributed by atoms with Crippen LogP contribution in [-0.4, -0.2) is 16.9 Å². The van der Waals surface area contributed by atoms with Gasteiger partial charge in [0.2, 0.25) is 5.96 Å². The first-order chi connectivity index (χ1) is 16.1. The summed E-state index contributed by atoms with van der Waals surface area (Å²) in [5.41, 5.74) is 3.08. The zero-order valence-corrected chi connectivity index (χ0v) is 17.7. The van der Waals surface area contributed by atoms with Gasteiger partial charge in [0.25, 0.3) is 5.91 Å². The number of hydrogen-bond donors (Lipinski definition) is 3. The van der Waals surface area contributed by atoms with Crippen molar-refractivity contribution >= 4 is 34.7 Å². The molecule has 1 atom stereocenters. The first kappa shape index (κ1) is 20.4. The first-order valence-corrected chi connectivity index (χ1v) is 10.4. The second-order valence-electron chi connectivity index (χ2n) is 7.50. The summed E-state index contributed by atoms with van der Waals surface area (Å²) < 4.78 is 20.5. The quantitative estimate of drug-likeness (QED) is 0.415. The lowest BCUT2D eigenvalue weighted by atomic mass is 9.95. The number of allylic oxidation sites excluding steroid dienone is 1. The van der Waals surface area contributed by atoms with Gasteiger partial charge in [-0.15, -0.1) is 0 Å². The Labute approximate surface area is 189 Å². The highest BCUT2D eigenvalue weighted by molar-refractivity contribution is 6.07. The van der Waals surface area contributed by atoms with Gasteiger partial charge in [0.1, 0.15) is 17.4 Å². The van der Waals surface area contributed by atoms with Crippen molar-refractivity contribution in [2.75, 3.05) is 10.6 Å². The van der Waals surface area contributed by atoms with Gasteiger partial charge < -0.3 is 15.1 Å². The largest absolute Gasteiger partial charge is 0.423 e. The van der Waals surface area contributed by atoms with Gasteiger partial charge in [-0.1, -0.05) is 48.5 Å². The number of aromatic nitrogens is 1. The summed E-state index contributed by atoms with van der Waals surface area (Å²) in [5, 5.41) is 8.95. The van der Waals surface area contributed by atoms with E-state index in [0.717, 1.165) is 0 Å². The molecule has 33 heavy (non-hydrogen) atoms. The monoisotopic (exact) mass is 441 g/mol. The Hall–Kier alpha value is -4.46. The molecule has 0 radical (unpaired) electrons. The number of amides is 1. The molecule has 3 N–H and O–H groups in total. The molecule has 164 valence electrons. The average molecular weight is 441 g/mol. The van der Waals surface area contributed by atoms with E-state index < -0.39 is 11.9 Å². The summed E-state index contributed by atoms with van der Waals surface area (Å²) in [7, 11) is 0. The van der Waals surface area contributed by atoms with Crippen molar-refractivity contribution in [3.63, 3.8) is 0 Å². The minimum atomic E-state index is -0.872. The lowest BCUT2D eigenvalue weighted by molar-refractivity contribution is -0.113. The summed E-state index contributed by atoms with van der Waals surface area (Å²) in [4.78, 5) is 22.2. The molecule has 0 spiro atoms. The number of nitrogens with one attached hydrogen (secondary N) is 3. The van der Waals surface area contributed by atoms with Gasteiger partial charge in [-0.25, -0.2) is 9.38 Å². The minimum absolute atomic E-state index is 0.236. The van der Waals surface area contributed by atoms with E-state index in [4.69, 9.17) is 4.42 Å². The van der Waals surface area contributed by atoms with Crippen LogP contribution in [0.4, 0.5) is 16.1 Å². The van der Waals surface area contributed by atoms with Crippen LogP contribution < -0.4 is 16.0 Å². The van der Waals surface area contributed by atoms with E-state index in [9.17, 15) is 9.18 Å². The standard InChI is InChI=1S/C25H20FN5O2/c1-15-21(23(32)28-16-9-3-2-4-10-16)22(17-11-5-6-12-18(17)26)30-24(27-15)31-25-29-19-13-7-8-14-20(19)33-25/h2-14,22H,1H3,(H,28,32)(H2,27,29,30,31)/t22-/m0/s1. The van der Waals surface area contributed by atoms with Gasteiger partial charge in [0.15, 0.2) is 5.58 Å². The van der Waals surface area contributed by atoms with Gasteiger partial charge in [-0.3, -0.25) is 10.1 Å². The minimum Gasteiger partial charge on any atom is -0.423 e. The number of carbonyl (C=O) groups excluding carboxylic acids is 1. The molecule has 1 aliphatic rings. The number of guanidine groups is 1. The Balaban J connectivity index is 1.50. The molecular formula is C25H20FN5O2. The molecule has 5 rings (SSSR count). The third-order valence-corrected chi connectivity index (χ3v) is 5.24. The summed E-state index contributed by atoms with van der Waals surface area (Å²) in [6, 6.07) is 22.1. The molecule has 7 nitrogen and oxygen atoms in total. The fraction of sp³-hybridized carbons (Fsp3) is 0.0800. The van der Waals surface area contributed by atoms with E-state index in [2.05, 4.69) is 25.9 Å². The third-order valence-electron chi connectivity index (χ3n) is 5.24. The van der Waals surface area contributed by atoms with E-state index in [-0.39, 0.29) is 17.5 Å². The predicted molar refractivity (Wildman–Crippen MR) is 125 cm³/mol. The molecule has 0 saturated carbocycles. The molecule has 0 bridgehead atoms. The lowest BCUT2D eigenvalue weighted by Crippen LogP contribution is -2.37. The highest BCUT2D eigenvalue weighted by atomic mass is 19.1. The van der Waals surface area contributed by atoms with Crippen LogP contribution >= 0.6 is 0 Å². The maximum absolute atomic E-state index is 14.8. The number of carbonyl (C=O) groups is 1. The van der Waals surface area contributed by atoms with Crippen LogP contribution in [0.2, 0.25) is 0 Å². The SMILES string of the molecule is CC1=C(C(=O)Nc2ccccc2)[C@H](c2ccccc2F)N=C(Nc2nc3ccccc3o2)N1. The normalized spacial score (nSPS) is 15.7. The smallest absolute Gasteiger partial charge is 0.302 e. The fourth-order valence-electron chi connectivity index (χ4n) is 3.70. The fourth-order valence-corrected chi connectivity index (χ4v) is 3.70. The number of nitrogens with zero attached hydrogens (tertiary/aromatic N) is 2. The van der Waals surface area contributed by atoms with Crippen LogP contribution in [-0.2, 0) is 4.79 Å². The topological polar surface area (TPSA) is 91.5 Å². The van der Waals surface area contributed by atoms with Gasteiger partial charge in [-0.2, -0.15) is 4.98 Å². The predicted octanol–water partition coefficient (Wildman–Crippen LogP) is 4.99. The van der Waals surface area contributed by atoms with Crippen LogP contribution in [0, 0.1) is 5.82 Å². The zero-order chi connectivity index (χ0) is 22.8. The van der Waals surface area contributed by atoms with E-state index in [1.54, 1.807) is 37.3 Å². The van der Waals surface area contributed by atoms with Crippen molar-refractivity contribution < 1.29 is 13.6 Å². The van der Waals surface area contributed by atoms with Gasteiger partial charge in [0, 0.05) is 16.9 Å². The summed E-state index contributed by atoms with van der Waals surface area (Å²) in [6.07, 6.45) is 0. The highest BCUT2D eigenvalue weighted by Crippen LogP contribution is 2.33. The molecule has 1 aromatic heterocycles. The number of anilines is 2. The van der Waals surface area contributed by atoms with E-state index in [1.807, 2.05) is 42.5 Å². The maximum Gasteiger partial charge on any atom is 0.302 e.